The van der Waals surface area contributed by atoms with Gasteiger partial charge in [0, 0.05) is 49.2 Å². The molecule has 9 nitrogen and oxygen atoms in total. The zero-order valence-corrected chi connectivity index (χ0v) is 29.6. The van der Waals surface area contributed by atoms with Gasteiger partial charge >= 0.3 is 11.3 Å². The molecule has 264 valence electrons. The number of aliphatic hydroxyl groups is 2. The van der Waals surface area contributed by atoms with Crippen LogP contribution in [0.15, 0.2) is 97.3 Å². The number of nitrogens with zero attached hydrogens (tertiary/aromatic N) is 2. The van der Waals surface area contributed by atoms with Crippen molar-refractivity contribution in [3.05, 3.63) is 122 Å². The first-order valence-corrected chi connectivity index (χ1v) is 17.5. The zero-order chi connectivity index (χ0) is 35.8. The van der Waals surface area contributed by atoms with Crippen LogP contribution < -0.4 is 11.3 Å². The Morgan fingerprint density at radius 2 is 1.20 bits per heavy atom. The van der Waals surface area contributed by atoms with Crippen LogP contribution in [-0.4, -0.2) is 66.5 Å². The van der Waals surface area contributed by atoms with Gasteiger partial charge in [-0.1, -0.05) is 80.6 Å². The minimum atomic E-state index is -0.870. The van der Waals surface area contributed by atoms with Crippen molar-refractivity contribution >= 4 is 27.1 Å². The van der Waals surface area contributed by atoms with Crippen molar-refractivity contribution < 1.29 is 23.8 Å². The Kier molecular flexibility index (Phi) is 12.6. The van der Waals surface area contributed by atoms with Crippen LogP contribution in [0.3, 0.4) is 0 Å². The average molecular weight is 681 g/mol. The molecule has 2 aliphatic rings. The summed E-state index contributed by atoms with van der Waals surface area (Å²) in [4.78, 5) is 29.0. The van der Waals surface area contributed by atoms with Crippen LogP contribution in [-0.2, 0) is 11.3 Å². The molecule has 2 aromatic heterocycles. The molecule has 1 saturated heterocycles. The van der Waals surface area contributed by atoms with Gasteiger partial charge in [-0.15, -0.1) is 0 Å². The third-order valence-corrected chi connectivity index (χ3v) is 8.98. The Morgan fingerprint density at radius 3 is 1.70 bits per heavy atom. The van der Waals surface area contributed by atoms with Gasteiger partial charge in [-0.3, -0.25) is 4.90 Å². The number of likely N-dealkylation sites (N-methyl/N-ethyl adjacent to an activating group) is 1. The zero-order valence-electron chi connectivity index (χ0n) is 29.6. The van der Waals surface area contributed by atoms with Crippen LogP contribution in [0, 0.1) is 0 Å². The van der Waals surface area contributed by atoms with E-state index in [0.29, 0.717) is 22.3 Å². The summed E-state index contributed by atoms with van der Waals surface area (Å²) in [6.45, 7) is 13.4. The maximum atomic E-state index is 12.3. The Morgan fingerprint density at radius 1 is 0.700 bits per heavy atom. The highest BCUT2D eigenvalue weighted by Gasteiger charge is 2.22. The number of ether oxygens (including phenoxy) is 1. The third-order valence-electron chi connectivity index (χ3n) is 8.98. The maximum absolute atomic E-state index is 12.3. The van der Waals surface area contributed by atoms with Crippen LogP contribution in [0.2, 0.25) is 0 Å². The van der Waals surface area contributed by atoms with Gasteiger partial charge in [0.25, 0.3) is 0 Å². The minimum absolute atomic E-state index is 0.305. The smallest absolute Gasteiger partial charge is 0.343 e. The fraction of sp³-hybridized carbons (Fsp3) is 0.366. The molecule has 2 atom stereocenters. The van der Waals surface area contributed by atoms with E-state index in [1.54, 1.807) is 26.0 Å². The van der Waals surface area contributed by atoms with Gasteiger partial charge in [-0.25, -0.2) is 9.59 Å². The second kappa shape index (κ2) is 17.0. The van der Waals surface area contributed by atoms with Crippen LogP contribution >= 0.6 is 0 Å². The molecule has 0 saturated carbocycles. The number of benzene rings is 3. The lowest BCUT2D eigenvalue weighted by Gasteiger charge is -2.26. The Hall–Kier alpha value is -4.38. The SMILES string of the molecule is CC.CC(O)c1oc(=O)c2ccccc2c1-c1ccc(CN2CCOCC2)cc1.CC(O)c1oc(=O)c2ccccc2c1C1=CCN(C)CC1. The molecule has 50 heavy (non-hydrogen) atoms. The van der Waals surface area contributed by atoms with E-state index in [-0.39, 0.29) is 0 Å². The first-order chi connectivity index (χ1) is 24.2. The van der Waals surface area contributed by atoms with Crippen LogP contribution in [0.1, 0.15) is 69.0 Å². The fourth-order valence-electron chi connectivity index (χ4n) is 6.44. The molecule has 0 amide bonds. The van der Waals surface area contributed by atoms with Gasteiger partial charge in [0.1, 0.15) is 23.7 Å². The normalized spacial score (nSPS) is 16.5. The molecule has 0 aliphatic carbocycles. The van der Waals surface area contributed by atoms with E-state index in [9.17, 15) is 19.8 Å². The molecule has 9 heteroatoms. The van der Waals surface area contributed by atoms with E-state index in [2.05, 4.69) is 35.1 Å². The van der Waals surface area contributed by atoms with Crippen molar-refractivity contribution in [1.82, 2.24) is 9.80 Å². The van der Waals surface area contributed by atoms with Gasteiger partial charge in [0.05, 0.1) is 24.0 Å². The topological polar surface area (TPSA) is 117 Å². The lowest BCUT2D eigenvalue weighted by molar-refractivity contribution is 0.0342. The second-order valence-electron chi connectivity index (χ2n) is 12.5. The molecule has 2 aliphatic heterocycles. The number of hydrogen-bond donors (Lipinski definition) is 2. The summed E-state index contributed by atoms with van der Waals surface area (Å²) in [5.74, 6) is 0.675. The molecular formula is C41H48N2O7. The highest BCUT2D eigenvalue weighted by Crippen LogP contribution is 2.35. The summed E-state index contributed by atoms with van der Waals surface area (Å²) in [6, 6.07) is 23.0. The van der Waals surface area contributed by atoms with Crippen molar-refractivity contribution in [3.63, 3.8) is 0 Å². The highest BCUT2D eigenvalue weighted by atomic mass is 16.5. The summed E-state index contributed by atoms with van der Waals surface area (Å²) < 4.78 is 16.3. The van der Waals surface area contributed by atoms with Crippen LogP contribution in [0.4, 0.5) is 0 Å². The first kappa shape index (κ1) is 36.9. The minimum Gasteiger partial charge on any atom is -0.424 e. The predicted molar refractivity (Wildman–Crippen MR) is 199 cm³/mol. The molecule has 1 fully saturated rings. The number of fused-ring (bicyclic) bond motifs is 2. The number of rotatable bonds is 6. The maximum Gasteiger partial charge on any atom is 0.343 e. The van der Waals surface area contributed by atoms with Gasteiger partial charge in [-0.2, -0.15) is 0 Å². The summed E-state index contributed by atoms with van der Waals surface area (Å²) in [6.07, 6.45) is 1.36. The average Bonchev–Trinajstić information content (AvgIpc) is 3.14. The summed E-state index contributed by atoms with van der Waals surface area (Å²) in [5.41, 5.74) is 4.14. The molecule has 0 bridgehead atoms. The Labute approximate surface area is 293 Å². The van der Waals surface area contributed by atoms with Crippen molar-refractivity contribution in [3.8, 4) is 11.1 Å². The monoisotopic (exact) mass is 680 g/mol. The first-order valence-electron chi connectivity index (χ1n) is 17.5. The lowest BCUT2D eigenvalue weighted by Crippen LogP contribution is -2.35. The third kappa shape index (κ3) is 8.31. The van der Waals surface area contributed by atoms with E-state index in [4.69, 9.17) is 13.6 Å². The number of aliphatic hydroxyl groups excluding tert-OH is 2. The van der Waals surface area contributed by atoms with Crippen molar-refractivity contribution in [2.45, 2.75) is 52.9 Å². The van der Waals surface area contributed by atoms with Gasteiger partial charge < -0.3 is 28.7 Å². The van der Waals surface area contributed by atoms with E-state index < -0.39 is 23.5 Å². The largest absolute Gasteiger partial charge is 0.424 e. The van der Waals surface area contributed by atoms with Crippen molar-refractivity contribution in [1.29, 1.82) is 0 Å². The van der Waals surface area contributed by atoms with E-state index in [0.717, 1.165) is 85.4 Å². The molecule has 3 aromatic carbocycles. The number of morpholine rings is 1. The van der Waals surface area contributed by atoms with Gasteiger partial charge in [0.2, 0.25) is 0 Å². The molecule has 0 spiro atoms. The summed E-state index contributed by atoms with van der Waals surface area (Å²) in [5, 5.41) is 22.9. The van der Waals surface area contributed by atoms with Crippen LogP contribution in [0.25, 0.3) is 38.2 Å². The summed E-state index contributed by atoms with van der Waals surface area (Å²) in [7, 11) is 2.08. The predicted octanol–water partition coefficient (Wildman–Crippen LogP) is 6.94. The summed E-state index contributed by atoms with van der Waals surface area (Å²) >= 11 is 0. The highest BCUT2D eigenvalue weighted by molar-refractivity contribution is 5.97. The molecule has 5 aromatic rings. The van der Waals surface area contributed by atoms with Gasteiger partial charge in [0.15, 0.2) is 0 Å². The number of hydrogen-bond acceptors (Lipinski definition) is 9. The molecule has 7 rings (SSSR count). The van der Waals surface area contributed by atoms with Gasteiger partial charge in [-0.05, 0) is 61.5 Å². The molecule has 4 heterocycles. The molecule has 2 unspecified atom stereocenters. The second-order valence-corrected chi connectivity index (χ2v) is 12.5. The van der Waals surface area contributed by atoms with Crippen molar-refractivity contribution in [2.24, 2.45) is 0 Å². The van der Waals surface area contributed by atoms with Crippen LogP contribution in [0.5, 0.6) is 0 Å². The quantitative estimate of drug-likeness (QED) is 0.197. The Balaban J connectivity index is 0.000000191. The van der Waals surface area contributed by atoms with E-state index in [1.807, 2.05) is 62.4 Å². The molecule has 2 N–H and O–H groups in total. The van der Waals surface area contributed by atoms with E-state index >= 15 is 0 Å². The molecule has 0 radical (unpaired) electrons. The Bertz CT molecular complexity index is 2040. The van der Waals surface area contributed by atoms with E-state index in [1.165, 1.54) is 5.56 Å². The fourth-order valence-corrected chi connectivity index (χ4v) is 6.44. The lowest BCUT2D eigenvalue weighted by atomic mass is 9.93. The molecular weight excluding hydrogens is 632 g/mol. The standard InChI is InChI=1S/C22H23NO4.C17H19NO3.C2H6/c1-15(24)21-20(18-4-2-3-5-19(18)22(25)27-21)17-8-6-16(7-9-17)14-23-10-12-26-13-11-23;1-11(19)16-15(12-7-9-18(2)10-8-12)13-5-3-4-6-14(13)17(20)21-16;1-2/h2-9,15,24H,10-14H2,1H3;3-7,11,19H,8-10H2,1-2H3;1-2H3. The van der Waals surface area contributed by atoms with Crippen molar-refractivity contribution in [2.75, 3.05) is 46.4 Å².